The first-order valence-electron chi connectivity index (χ1n) is 8.66. The third-order valence-electron chi connectivity index (χ3n) is 3.61. The number of nitrogens with one attached hydrogen (secondary N) is 2. The van der Waals surface area contributed by atoms with Gasteiger partial charge in [-0.2, -0.15) is 0 Å². The number of anilines is 1. The number of hydrogen-bond acceptors (Lipinski definition) is 5. The smallest absolute Gasteiger partial charge is 0.255 e. The monoisotopic (exact) mass is 427 g/mol. The lowest BCUT2D eigenvalue weighted by Gasteiger charge is -2.10. The van der Waals surface area contributed by atoms with E-state index in [0.29, 0.717) is 36.7 Å². The molecular formula is C19H26ClN3O4S. The van der Waals surface area contributed by atoms with Gasteiger partial charge in [0, 0.05) is 24.3 Å². The van der Waals surface area contributed by atoms with Crippen LogP contribution in [0.15, 0.2) is 53.4 Å². The second-order valence-corrected chi connectivity index (χ2v) is 8.15. The zero-order valence-corrected chi connectivity index (χ0v) is 17.5. The molecule has 0 radical (unpaired) electrons. The van der Waals surface area contributed by atoms with Crippen LogP contribution < -0.4 is 20.5 Å². The van der Waals surface area contributed by atoms with Crippen LogP contribution in [0.2, 0.25) is 0 Å². The molecule has 1 amide bonds. The maximum Gasteiger partial charge on any atom is 0.255 e. The molecule has 154 valence electrons. The number of carbonyl (C=O) groups is 1. The van der Waals surface area contributed by atoms with Crippen LogP contribution in [0.3, 0.4) is 0 Å². The Morgan fingerprint density at radius 1 is 1.07 bits per heavy atom. The molecule has 4 N–H and O–H groups in total. The maximum atomic E-state index is 12.3. The van der Waals surface area contributed by atoms with Crippen LogP contribution in [-0.4, -0.2) is 34.0 Å². The Balaban J connectivity index is 0.00000392. The number of carbonyl (C=O) groups excluding carboxylic acids is 1. The van der Waals surface area contributed by atoms with E-state index < -0.39 is 10.0 Å². The van der Waals surface area contributed by atoms with E-state index in [4.69, 9.17) is 10.5 Å². The molecule has 0 aliphatic rings. The molecule has 0 heterocycles. The van der Waals surface area contributed by atoms with Gasteiger partial charge in [-0.3, -0.25) is 4.79 Å². The van der Waals surface area contributed by atoms with Gasteiger partial charge in [0.25, 0.3) is 5.91 Å². The maximum absolute atomic E-state index is 12.3. The van der Waals surface area contributed by atoms with E-state index in [2.05, 4.69) is 10.0 Å². The molecule has 2 rings (SSSR count). The van der Waals surface area contributed by atoms with Gasteiger partial charge in [-0.05, 0) is 54.4 Å². The van der Waals surface area contributed by atoms with Gasteiger partial charge in [-0.25, -0.2) is 13.1 Å². The lowest BCUT2D eigenvalue weighted by atomic mass is 10.2. The molecule has 2 aromatic rings. The molecule has 0 aliphatic heterocycles. The van der Waals surface area contributed by atoms with E-state index in [1.54, 1.807) is 24.3 Å². The zero-order valence-electron chi connectivity index (χ0n) is 15.8. The number of hydrogen-bond donors (Lipinski definition) is 3. The molecule has 0 bridgehead atoms. The SMILES string of the molecule is CC(C)CNS(=O)(=O)c1ccc(C(=O)Nc2ccc(OCCN)cc2)cc1.Cl. The van der Waals surface area contributed by atoms with E-state index in [1.807, 2.05) is 13.8 Å². The highest BCUT2D eigenvalue weighted by Crippen LogP contribution is 2.17. The Morgan fingerprint density at radius 3 is 2.21 bits per heavy atom. The van der Waals surface area contributed by atoms with Crippen LogP contribution in [0.4, 0.5) is 5.69 Å². The van der Waals surface area contributed by atoms with Gasteiger partial charge in [0.05, 0.1) is 4.90 Å². The Labute approximate surface area is 172 Å². The molecule has 0 unspecified atom stereocenters. The predicted octanol–water partition coefficient (Wildman–Crippen LogP) is 2.63. The molecule has 0 spiro atoms. The van der Waals surface area contributed by atoms with Crippen molar-refractivity contribution in [2.24, 2.45) is 11.7 Å². The van der Waals surface area contributed by atoms with Crippen LogP contribution in [-0.2, 0) is 10.0 Å². The minimum Gasteiger partial charge on any atom is -0.492 e. The van der Waals surface area contributed by atoms with Gasteiger partial charge in [0.15, 0.2) is 0 Å². The summed E-state index contributed by atoms with van der Waals surface area (Å²) in [5.74, 6) is 0.545. The average Bonchev–Trinajstić information content (AvgIpc) is 2.66. The number of ether oxygens (including phenoxy) is 1. The number of amides is 1. The van der Waals surface area contributed by atoms with E-state index >= 15 is 0 Å². The molecule has 2 aromatic carbocycles. The lowest BCUT2D eigenvalue weighted by molar-refractivity contribution is 0.102. The fourth-order valence-corrected chi connectivity index (χ4v) is 3.37. The topological polar surface area (TPSA) is 111 Å². The first kappa shape index (κ1) is 23.9. The summed E-state index contributed by atoms with van der Waals surface area (Å²) < 4.78 is 32.3. The van der Waals surface area contributed by atoms with Crippen molar-refractivity contribution in [3.63, 3.8) is 0 Å². The van der Waals surface area contributed by atoms with Crippen LogP contribution in [0.25, 0.3) is 0 Å². The van der Waals surface area contributed by atoms with Crippen molar-refractivity contribution >= 4 is 34.0 Å². The molecule has 28 heavy (non-hydrogen) atoms. The Bertz CT molecular complexity index is 854. The molecule has 0 saturated heterocycles. The van der Waals surface area contributed by atoms with E-state index in [0.717, 1.165) is 0 Å². The van der Waals surface area contributed by atoms with Crippen LogP contribution >= 0.6 is 12.4 Å². The summed E-state index contributed by atoms with van der Waals surface area (Å²) in [5, 5.41) is 2.76. The Morgan fingerprint density at radius 2 is 1.68 bits per heavy atom. The van der Waals surface area contributed by atoms with E-state index in [-0.39, 0.29) is 29.1 Å². The van der Waals surface area contributed by atoms with Crippen molar-refractivity contribution in [3.8, 4) is 5.75 Å². The normalized spacial score (nSPS) is 11.0. The van der Waals surface area contributed by atoms with Crippen molar-refractivity contribution < 1.29 is 17.9 Å². The van der Waals surface area contributed by atoms with Crippen molar-refractivity contribution in [2.45, 2.75) is 18.7 Å². The third kappa shape index (κ3) is 7.12. The lowest BCUT2D eigenvalue weighted by Crippen LogP contribution is -2.27. The number of halogens is 1. The summed E-state index contributed by atoms with van der Waals surface area (Å²) in [6, 6.07) is 12.7. The van der Waals surface area contributed by atoms with Crippen molar-refractivity contribution in [3.05, 3.63) is 54.1 Å². The van der Waals surface area contributed by atoms with Crippen LogP contribution in [0.1, 0.15) is 24.2 Å². The second-order valence-electron chi connectivity index (χ2n) is 6.39. The molecular weight excluding hydrogens is 402 g/mol. The summed E-state index contributed by atoms with van der Waals surface area (Å²) in [6.45, 7) is 5.05. The second kappa shape index (κ2) is 11.0. The average molecular weight is 428 g/mol. The minimum atomic E-state index is -3.57. The summed E-state index contributed by atoms with van der Waals surface area (Å²) >= 11 is 0. The summed E-state index contributed by atoms with van der Waals surface area (Å²) in [4.78, 5) is 12.4. The Kier molecular flexibility index (Phi) is 9.40. The number of rotatable bonds is 9. The van der Waals surface area contributed by atoms with Gasteiger partial charge in [-0.15, -0.1) is 12.4 Å². The number of nitrogens with two attached hydrogens (primary N) is 1. The van der Waals surface area contributed by atoms with Crippen LogP contribution in [0, 0.1) is 5.92 Å². The molecule has 0 saturated carbocycles. The predicted molar refractivity (Wildman–Crippen MR) is 113 cm³/mol. The summed E-state index contributed by atoms with van der Waals surface area (Å²) in [5.41, 5.74) is 6.35. The quantitative estimate of drug-likeness (QED) is 0.569. The minimum absolute atomic E-state index is 0. The standard InChI is InChI=1S/C19H25N3O4S.ClH/c1-14(2)13-21-27(24,25)18-9-3-15(4-10-18)19(23)22-16-5-7-17(8-6-16)26-12-11-20;/h3-10,14,21H,11-13,20H2,1-2H3,(H,22,23);1H. The highest BCUT2D eigenvalue weighted by molar-refractivity contribution is 7.89. The fraction of sp³-hybridized carbons (Fsp3) is 0.316. The first-order valence-corrected chi connectivity index (χ1v) is 10.1. The first-order chi connectivity index (χ1) is 12.8. The van der Waals surface area contributed by atoms with Gasteiger partial charge >= 0.3 is 0 Å². The molecule has 7 nitrogen and oxygen atoms in total. The highest BCUT2D eigenvalue weighted by atomic mass is 35.5. The molecule has 9 heteroatoms. The number of sulfonamides is 1. The van der Waals surface area contributed by atoms with E-state index in [1.165, 1.54) is 24.3 Å². The summed E-state index contributed by atoms with van der Waals surface area (Å²) in [7, 11) is -3.57. The van der Waals surface area contributed by atoms with Gasteiger partial charge < -0.3 is 15.8 Å². The molecule has 0 atom stereocenters. The Hall–Kier alpha value is -2.13. The van der Waals surface area contributed by atoms with E-state index in [9.17, 15) is 13.2 Å². The molecule has 0 aliphatic carbocycles. The highest BCUT2D eigenvalue weighted by Gasteiger charge is 2.15. The molecule has 0 aromatic heterocycles. The van der Waals surface area contributed by atoms with Crippen molar-refractivity contribution in [1.82, 2.24) is 4.72 Å². The third-order valence-corrected chi connectivity index (χ3v) is 5.05. The van der Waals surface area contributed by atoms with Crippen molar-refractivity contribution in [1.29, 1.82) is 0 Å². The molecule has 0 fully saturated rings. The summed E-state index contributed by atoms with van der Waals surface area (Å²) in [6.07, 6.45) is 0. The van der Waals surface area contributed by atoms with Gasteiger partial charge in [-0.1, -0.05) is 13.8 Å². The number of benzene rings is 2. The van der Waals surface area contributed by atoms with Crippen LogP contribution in [0.5, 0.6) is 5.75 Å². The zero-order chi connectivity index (χ0) is 19.9. The van der Waals surface area contributed by atoms with Crippen molar-refractivity contribution in [2.75, 3.05) is 25.0 Å². The van der Waals surface area contributed by atoms with Gasteiger partial charge in [0.1, 0.15) is 12.4 Å². The van der Waals surface area contributed by atoms with Gasteiger partial charge in [0.2, 0.25) is 10.0 Å². The largest absolute Gasteiger partial charge is 0.492 e. The fourth-order valence-electron chi connectivity index (χ4n) is 2.16.